The second-order valence-electron chi connectivity index (χ2n) is 7.43. The van der Waals surface area contributed by atoms with E-state index in [0.717, 1.165) is 57.0 Å². The largest absolute Gasteiger partial charge is 0.356 e. The van der Waals surface area contributed by atoms with Gasteiger partial charge in [0.1, 0.15) is 5.82 Å². The van der Waals surface area contributed by atoms with Crippen LogP contribution >= 0.6 is 0 Å². The highest BCUT2D eigenvalue weighted by Gasteiger charge is 2.44. The molecular formula is C21H35FN4. The monoisotopic (exact) mass is 362 g/mol. The molecule has 1 aliphatic carbocycles. The van der Waals surface area contributed by atoms with Crippen LogP contribution in [0.1, 0.15) is 52.0 Å². The molecule has 0 radical (unpaired) electrons. The van der Waals surface area contributed by atoms with Crippen molar-refractivity contribution in [2.45, 2.75) is 57.9 Å². The molecule has 4 nitrogen and oxygen atoms in total. The first-order valence-corrected chi connectivity index (χ1v) is 9.98. The van der Waals surface area contributed by atoms with Crippen LogP contribution in [-0.4, -0.2) is 50.1 Å². The third-order valence-electron chi connectivity index (χ3n) is 5.50. The van der Waals surface area contributed by atoms with E-state index < -0.39 is 0 Å². The summed E-state index contributed by atoms with van der Waals surface area (Å²) in [6.07, 6.45) is 4.49. The van der Waals surface area contributed by atoms with Gasteiger partial charge in [0.2, 0.25) is 0 Å². The average Bonchev–Trinajstić information content (AvgIpc) is 3.43. The summed E-state index contributed by atoms with van der Waals surface area (Å²) in [5, 5.41) is 6.93. The number of rotatable bonds is 10. The Labute approximate surface area is 158 Å². The fourth-order valence-corrected chi connectivity index (χ4v) is 3.45. The van der Waals surface area contributed by atoms with Gasteiger partial charge in [-0.2, -0.15) is 0 Å². The van der Waals surface area contributed by atoms with Crippen molar-refractivity contribution in [3.05, 3.63) is 35.6 Å². The van der Waals surface area contributed by atoms with Crippen molar-refractivity contribution in [1.82, 2.24) is 15.5 Å². The van der Waals surface area contributed by atoms with Crippen molar-refractivity contribution in [3.8, 4) is 0 Å². The molecule has 1 aliphatic rings. The summed E-state index contributed by atoms with van der Waals surface area (Å²) < 4.78 is 13.5. The van der Waals surface area contributed by atoms with Crippen LogP contribution in [0.5, 0.6) is 0 Å². The van der Waals surface area contributed by atoms with E-state index in [-0.39, 0.29) is 11.2 Å². The second-order valence-corrected chi connectivity index (χ2v) is 7.43. The van der Waals surface area contributed by atoms with Crippen LogP contribution in [0.15, 0.2) is 29.3 Å². The SMILES string of the molecule is CCN(CC)CCCC(C)NC(=NC)NCC1(c2cccc(F)c2)CC1. The van der Waals surface area contributed by atoms with Crippen molar-refractivity contribution in [3.63, 3.8) is 0 Å². The Balaban J connectivity index is 1.77. The van der Waals surface area contributed by atoms with Crippen LogP contribution < -0.4 is 10.6 Å². The third-order valence-corrected chi connectivity index (χ3v) is 5.50. The Morgan fingerprint density at radius 3 is 2.62 bits per heavy atom. The zero-order valence-corrected chi connectivity index (χ0v) is 16.8. The zero-order valence-electron chi connectivity index (χ0n) is 16.8. The van der Waals surface area contributed by atoms with Gasteiger partial charge in [-0.15, -0.1) is 0 Å². The first-order valence-electron chi connectivity index (χ1n) is 9.98. The van der Waals surface area contributed by atoms with Crippen LogP contribution in [0, 0.1) is 5.82 Å². The van der Waals surface area contributed by atoms with Gasteiger partial charge < -0.3 is 15.5 Å². The summed E-state index contributed by atoms with van der Waals surface area (Å²) in [5.74, 6) is 0.682. The lowest BCUT2D eigenvalue weighted by atomic mass is 9.96. The number of hydrogen-bond donors (Lipinski definition) is 2. The molecule has 0 spiro atoms. The molecule has 1 aromatic rings. The Morgan fingerprint density at radius 1 is 1.31 bits per heavy atom. The van der Waals surface area contributed by atoms with E-state index in [1.165, 1.54) is 12.5 Å². The van der Waals surface area contributed by atoms with Gasteiger partial charge in [0.25, 0.3) is 0 Å². The number of guanidine groups is 1. The molecule has 0 aliphatic heterocycles. The van der Waals surface area contributed by atoms with Crippen molar-refractivity contribution in [2.24, 2.45) is 4.99 Å². The summed E-state index contributed by atoms with van der Waals surface area (Å²) >= 11 is 0. The summed E-state index contributed by atoms with van der Waals surface area (Å²) in [7, 11) is 1.81. The summed E-state index contributed by atoms with van der Waals surface area (Å²) in [6, 6.07) is 7.38. The Hall–Kier alpha value is -1.62. The maximum absolute atomic E-state index is 13.5. The molecule has 26 heavy (non-hydrogen) atoms. The van der Waals surface area contributed by atoms with Gasteiger partial charge in [-0.3, -0.25) is 4.99 Å². The van der Waals surface area contributed by atoms with Crippen molar-refractivity contribution in [2.75, 3.05) is 33.2 Å². The van der Waals surface area contributed by atoms with Crippen molar-refractivity contribution in [1.29, 1.82) is 0 Å². The van der Waals surface area contributed by atoms with Gasteiger partial charge in [-0.1, -0.05) is 26.0 Å². The Kier molecular flexibility index (Phi) is 7.88. The standard InChI is InChI=1S/C21H35FN4/c1-5-26(6-2)14-8-9-17(3)25-20(23-4)24-16-21(12-13-21)18-10-7-11-19(22)15-18/h7,10-11,15,17H,5-6,8-9,12-14,16H2,1-4H3,(H2,23,24,25). The number of aliphatic imine (C=N–C) groups is 1. The summed E-state index contributed by atoms with van der Waals surface area (Å²) in [5.41, 5.74) is 1.15. The fraction of sp³-hybridized carbons (Fsp3) is 0.667. The smallest absolute Gasteiger partial charge is 0.191 e. The predicted octanol–water partition coefficient (Wildman–Crippen LogP) is 3.53. The highest BCUT2D eigenvalue weighted by atomic mass is 19.1. The number of halogens is 1. The topological polar surface area (TPSA) is 39.7 Å². The maximum Gasteiger partial charge on any atom is 0.191 e. The minimum atomic E-state index is -0.155. The first kappa shape index (κ1) is 20.7. The van der Waals surface area contributed by atoms with Gasteiger partial charge in [0, 0.05) is 25.0 Å². The van der Waals surface area contributed by atoms with Crippen LogP contribution in [0.2, 0.25) is 0 Å². The molecule has 1 unspecified atom stereocenters. The second kappa shape index (κ2) is 9.91. The highest BCUT2D eigenvalue weighted by Crippen LogP contribution is 2.47. The fourth-order valence-electron chi connectivity index (χ4n) is 3.45. The van der Waals surface area contributed by atoms with E-state index in [4.69, 9.17) is 0 Å². The lowest BCUT2D eigenvalue weighted by molar-refractivity contribution is 0.292. The molecule has 0 saturated heterocycles. The van der Waals surface area contributed by atoms with E-state index in [0.29, 0.717) is 6.04 Å². The highest BCUT2D eigenvalue weighted by molar-refractivity contribution is 5.80. The zero-order chi connectivity index (χ0) is 19.0. The Bertz CT molecular complexity index is 579. The number of hydrogen-bond acceptors (Lipinski definition) is 2. The van der Waals surface area contributed by atoms with Crippen molar-refractivity contribution < 1.29 is 4.39 Å². The first-order chi connectivity index (χ1) is 12.5. The molecule has 1 fully saturated rings. The molecule has 0 amide bonds. The molecule has 0 heterocycles. The molecular weight excluding hydrogens is 327 g/mol. The lowest BCUT2D eigenvalue weighted by Gasteiger charge is -2.23. The summed E-state index contributed by atoms with van der Waals surface area (Å²) in [6.45, 7) is 10.8. The van der Waals surface area contributed by atoms with Crippen molar-refractivity contribution >= 4 is 5.96 Å². The minimum absolute atomic E-state index is 0.0612. The molecule has 2 N–H and O–H groups in total. The number of benzene rings is 1. The lowest BCUT2D eigenvalue weighted by Crippen LogP contribution is -2.45. The van der Waals surface area contributed by atoms with Crippen LogP contribution in [0.25, 0.3) is 0 Å². The average molecular weight is 363 g/mol. The van der Waals surface area contributed by atoms with Gasteiger partial charge >= 0.3 is 0 Å². The molecule has 0 bridgehead atoms. The van der Waals surface area contributed by atoms with E-state index >= 15 is 0 Å². The van der Waals surface area contributed by atoms with E-state index in [9.17, 15) is 4.39 Å². The van der Waals surface area contributed by atoms with E-state index in [1.807, 2.05) is 6.07 Å². The number of nitrogens with one attached hydrogen (secondary N) is 2. The van der Waals surface area contributed by atoms with E-state index in [1.54, 1.807) is 19.2 Å². The molecule has 1 atom stereocenters. The maximum atomic E-state index is 13.5. The van der Waals surface area contributed by atoms with E-state index in [2.05, 4.69) is 41.3 Å². The van der Waals surface area contributed by atoms with Crippen LogP contribution in [-0.2, 0) is 5.41 Å². The number of nitrogens with zero attached hydrogens (tertiary/aromatic N) is 2. The van der Waals surface area contributed by atoms with Gasteiger partial charge in [0.05, 0.1) is 0 Å². The molecule has 5 heteroatoms. The van der Waals surface area contributed by atoms with Crippen LogP contribution in [0.3, 0.4) is 0 Å². The Morgan fingerprint density at radius 2 is 2.04 bits per heavy atom. The molecule has 1 aromatic carbocycles. The van der Waals surface area contributed by atoms with Gasteiger partial charge in [-0.05, 0) is 69.9 Å². The molecule has 2 rings (SSSR count). The third kappa shape index (κ3) is 5.97. The van der Waals surface area contributed by atoms with Crippen LogP contribution in [0.4, 0.5) is 4.39 Å². The summed E-state index contributed by atoms with van der Waals surface area (Å²) in [4.78, 5) is 6.81. The van der Waals surface area contributed by atoms with Gasteiger partial charge in [0.15, 0.2) is 5.96 Å². The minimum Gasteiger partial charge on any atom is -0.356 e. The molecule has 146 valence electrons. The molecule has 1 saturated carbocycles. The normalized spacial score (nSPS) is 17.2. The predicted molar refractivity (Wildman–Crippen MR) is 108 cm³/mol. The van der Waals surface area contributed by atoms with Gasteiger partial charge in [-0.25, -0.2) is 4.39 Å². The quantitative estimate of drug-likeness (QED) is 0.494. The molecule has 0 aromatic heterocycles.